The van der Waals surface area contributed by atoms with E-state index in [9.17, 15) is 20.4 Å². The van der Waals surface area contributed by atoms with E-state index in [1.807, 2.05) is 0 Å². The minimum Gasteiger partial charge on any atom is -0.504 e. The molecule has 82 valence electrons. The van der Waals surface area contributed by atoms with Crippen LogP contribution in [0.3, 0.4) is 0 Å². The molecule has 0 atom stereocenters. The summed E-state index contributed by atoms with van der Waals surface area (Å²) >= 11 is 0. The van der Waals surface area contributed by atoms with E-state index in [2.05, 4.69) is 0 Å². The molecule has 0 aliphatic carbocycles. The molecule has 0 spiro atoms. The van der Waals surface area contributed by atoms with Crippen molar-refractivity contribution in [3.05, 3.63) is 36.4 Å². The average molecular weight is 218 g/mol. The van der Waals surface area contributed by atoms with Gasteiger partial charge in [-0.1, -0.05) is 30.3 Å². The number of hydrogen-bond acceptors (Lipinski definition) is 4. The van der Waals surface area contributed by atoms with Crippen molar-refractivity contribution in [2.24, 2.45) is 0 Å². The van der Waals surface area contributed by atoms with E-state index in [1.165, 1.54) is 6.07 Å². The summed E-state index contributed by atoms with van der Waals surface area (Å²) in [6.45, 7) is 0. The van der Waals surface area contributed by atoms with Crippen molar-refractivity contribution in [2.45, 2.75) is 0 Å². The highest BCUT2D eigenvalue weighted by Crippen LogP contribution is 2.47. The maximum Gasteiger partial charge on any atom is 0.204 e. The second kappa shape index (κ2) is 3.66. The first-order valence-corrected chi connectivity index (χ1v) is 4.63. The Labute approximate surface area is 91.7 Å². The van der Waals surface area contributed by atoms with Crippen molar-refractivity contribution >= 4 is 0 Å². The highest BCUT2D eigenvalue weighted by Gasteiger charge is 2.16. The third-order valence-corrected chi connectivity index (χ3v) is 2.31. The molecule has 2 aromatic carbocycles. The molecule has 4 N–H and O–H groups in total. The molecule has 2 aromatic rings. The second-order valence-corrected chi connectivity index (χ2v) is 3.36. The molecule has 4 heteroatoms. The maximum absolute atomic E-state index is 9.64. The summed E-state index contributed by atoms with van der Waals surface area (Å²) in [6.07, 6.45) is 0. The van der Waals surface area contributed by atoms with Gasteiger partial charge < -0.3 is 20.4 Å². The summed E-state index contributed by atoms with van der Waals surface area (Å²) < 4.78 is 0. The summed E-state index contributed by atoms with van der Waals surface area (Å²) in [6, 6.07) is 9.95. The van der Waals surface area contributed by atoms with Crippen LogP contribution in [0.4, 0.5) is 0 Å². The molecule has 2 rings (SSSR count). The van der Waals surface area contributed by atoms with Gasteiger partial charge in [0.25, 0.3) is 0 Å². The smallest absolute Gasteiger partial charge is 0.204 e. The molecule has 0 aliphatic heterocycles. The fourth-order valence-corrected chi connectivity index (χ4v) is 1.47. The van der Waals surface area contributed by atoms with E-state index < -0.39 is 23.0 Å². The van der Waals surface area contributed by atoms with E-state index >= 15 is 0 Å². The van der Waals surface area contributed by atoms with Crippen LogP contribution in [0.1, 0.15) is 0 Å². The molecule has 4 nitrogen and oxygen atoms in total. The topological polar surface area (TPSA) is 80.9 Å². The van der Waals surface area contributed by atoms with Gasteiger partial charge in [0, 0.05) is 5.56 Å². The minimum absolute atomic E-state index is 0.258. The Hall–Kier alpha value is -2.36. The molecule has 0 bridgehead atoms. The standard InChI is InChI=1S/C12H10O4/c13-9-6-8(7-4-2-1-3-5-7)10(14)12(16)11(9)15/h1-6,13-16H. The zero-order valence-corrected chi connectivity index (χ0v) is 8.25. The lowest BCUT2D eigenvalue weighted by molar-refractivity contribution is 0.347. The van der Waals surface area contributed by atoms with Crippen molar-refractivity contribution in [3.8, 4) is 34.1 Å². The number of benzene rings is 2. The van der Waals surface area contributed by atoms with Gasteiger partial charge in [-0.05, 0) is 11.6 Å². The molecule has 0 saturated carbocycles. The fraction of sp³-hybridized carbons (Fsp3) is 0. The van der Waals surface area contributed by atoms with Gasteiger partial charge in [0.1, 0.15) is 0 Å². The Kier molecular flexibility index (Phi) is 2.32. The monoisotopic (exact) mass is 218 g/mol. The first-order valence-electron chi connectivity index (χ1n) is 4.63. The predicted molar refractivity (Wildman–Crippen MR) is 58.5 cm³/mol. The lowest BCUT2D eigenvalue weighted by Crippen LogP contribution is -1.81. The highest BCUT2D eigenvalue weighted by atomic mass is 16.3. The normalized spacial score (nSPS) is 10.2. The van der Waals surface area contributed by atoms with Crippen LogP contribution in [0, 0.1) is 0 Å². The Morgan fingerprint density at radius 1 is 0.688 bits per heavy atom. The quantitative estimate of drug-likeness (QED) is 0.437. The average Bonchev–Trinajstić information content (AvgIpc) is 2.32. The highest BCUT2D eigenvalue weighted by molar-refractivity contribution is 5.78. The van der Waals surface area contributed by atoms with E-state index in [0.717, 1.165) is 0 Å². The van der Waals surface area contributed by atoms with Crippen molar-refractivity contribution in [3.63, 3.8) is 0 Å². The number of hydrogen-bond donors (Lipinski definition) is 4. The molecule has 0 amide bonds. The Bertz CT molecular complexity index is 520. The van der Waals surface area contributed by atoms with Gasteiger partial charge in [-0.15, -0.1) is 0 Å². The number of rotatable bonds is 1. The summed E-state index contributed by atoms with van der Waals surface area (Å²) in [7, 11) is 0. The zero-order chi connectivity index (χ0) is 11.7. The molecule has 0 radical (unpaired) electrons. The van der Waals surface area contributed by atoms with Gasteiger partial charge in [0.05, 0.1) is 0 Å². The fourth-order valence-electron chi connectivity index (χ4n) is 1.47. The van der Waals surface area contributed by atoms with Crippen LogP contribution in [0.25, 0.3) is 11.1 Å². The maximum atomic E-state index is 9.64. The van der Waals surface area contributed by atoms with Crippen LogP contribution in [0.2, 0.25) is 0 Å². The lowest BCUT2D eigenvalue weighted by atomic mass is 10.0. The lowest BCUT2D eigenvalue weighted by Gasteiger charge is -2.09. The van der Waals surface area contributed by atoms with Crippen LogP contribution in [-0.4, -0.2) is 20.4 Å². The van der Waals surface area contributed by atoms with E-state index in [0.29, 0.717) is 5.56 Å². The SMILES string of the molecule is Oc1cc(-c2ccccc2)c(O)c(O)c1O. The van der Waals surface area contributed by atoms with Gasteiger partial charge >= 0.3 is 0 Å². The van der Waals surface area contributed by atoms with Gasteiger partial charge in [-0.25, -0.2) is 0 Å². The van der Waals surface area contributed by atoms with Crippen LogP contribution < -0.4 is 0 Å². The van der Waals surface area contributed by atoms with Gasteiger partial charge in [-0.3, -0.25) is 0 Å². The van der Waals surface area contributed by atoms with Crippen molar-refractivity contribution in [1.82, 2.24) is 0 Å². The first-order chi connectivity index (χ1) is 7.61. The number of aromatic hydroxyl groups is 4. The third-order valence-electron chi connectivity index (χ3n) is 2.31. The predicted octanol–water partition coefficient (Wildman–Crippen LogP) is 2.18. The molecule has 0 unspecified atom stereocenters. The molecular formula is C12H10O4. The molecule has 0 aliphatic rings. The minimum atomic E-state index is -0.725. The van der Waals surface area contributed by atoms with E-state index in [4.69, 9.17) is 0 Å². The molecule has 0 fully saturated rings. The molecule has 0 saturated heterocycles. The van der Waals surface area contributed by atoms with Crippen LogP contribution in [0.5, 0.6) is 23.0 Å². The zero-order valence-electron chi connectivity index (χ0n) is 8.25. The summed E-state index contributed by atoms with van der Waals surface area (Å²) in [4.78, 5) is 0. The Morgan fingerprint density at radius 3 is 1.94 bits per heavy atom. The first kappa shape index (κ1) is 10.2. The molecule has 16 heavy (non-hydrogen) atoms. The molecule has 0 heterocycles. The van der Waals surface area contributed by atoms with Gasteiger partial charge in [-0.2, -0.15) is 0 Å². The summed E-state index contributed by atoms with van der Waals surface area (Å²) in [5, 5.41) is 37.5. The molecule has 0 aromatic heterocycles. The number of phenols is 4. The van der Waals surface area contributed by atoms with Crippen LogP contribution >= 0.6 is 0 Å². The van der Waals surface area contributed by atoms with Crippen molar-refractivity contribution < 1.29 is 20.4 Å². The van der Waals surface area contributed by atoms with Gasteiger partial charge in [0.15, 0.2) is 11.5 Å². The second-order valence-electron chi connectivity index (χ2n) is 3.36. The summed E-state index contributed by atoms with van der Waals surface area (Å²) in [5.74, 6) is -2.38. The Morgan fingerprint density at radius 2 is 1.31 bits per heavy atom. The third kappa shape index (κ3) is 1.50. The largest absolute Gasteiger partial charge is 0.504 e. The Balaban J connectivity index is 2.68. The summed E-state index contributed by atoms with van der Waals surface area (Å²) in [5.41, 5.74) is 0.888. The molecular weight excluding hydrogens is 208 g/mol. The van der Waals surface area contributed by atoms with Crippen LogP contribution in [0.15, 0.2) is 36.4 Å². The van der Waals surface area contributed by atoms with Crippen LogP contribution in [-0.2, 0) is 0 Å². The van der Waals surface area contributed by atoms with E-state index in [-0.39, 0.29) is 5.56 Å². The van der Waals surface area contributed by atoms with Gasteiger partial charge in [0.2, 0.25) is 11.5 Å². The van der Waals surface area contributed by atoms with Crippen molar-refractivity contribution in [1.29, 1.82) is 0 Å². The van der Waals surface area contributed by atoms with Crippen molar-refractivity contribution in [2.75, 3.05) is 0 Å². The number of phenolic OH excluding ortho intramolecular Hbond substituents is 4. The van der Waals surface area contributed by atoms with E-state index in [1.54, 1.807) is 30.3 Å².